The number of methoxy groups -OCH3 is 1. The summed E-state index contributed by atoms with van der Waals surface area (Å²) < 4.78 is 5.80. The molecule has 0 spiro atoms. The summed E-state index contributed by atoms with van der Waals surface area (Å²) in [6.45, 7) is 5.44. The number of anilines is 1. The highest BCUT2D eigenvalue weighted by atomic mass is 79.9. The molecule has 112 valence electrons. The number of rotatable bonds is 8. The second kappa shape index (κ2) is 8.92. The van der Waals surface area contributed by atoms with Gasteiger partial charge in [-0.2, -0.15) is 0 Å². The highest BCUT2D eigenvalue weighted by Gasteiger charge is 2.15. The molecule has 1 unspecified atom stereocenters. The van der Waals surface area contributed by atoms with Crippen molar-refractivity contribution in [2.45, 2.75) is 32.7 Å². The Morgan fingerprint density at radius 2 is 2.30 bits per heavy atom. The van der Waals surface area contributed by atoms with Crippen molar-refractivity contribution in [2.24, 2.45) is 0 Å². The van der Waals surface area contributed by atoms with Gasteiger partial charge in [-0.05, 0) is 41.8 Å². The monoisotopic (exact) mass is 343 g/mol. The summed E-state index contributed by atoms with van der Waals surface area (Å²) in [4.78, 5) is 16.6. The van der Waals surface area contributed by atoms with Crippen molar-refractivity contribution in [3.05, 3.63) is 22.3 Å². The Morgan fingerprint density at radius 3 is 2.95 bits per heavy atom. The van der Waals surface area contributed by atoms with Gasteiger partial charge < -0.3 is 15.4 Å². The second-order valence-corrected chi connectivity index (χ2v) is 5.55. The maximum Gasteiger partial charge on any atom is 0.255 e. The number of carbonyl (C=O) groups excluding carboxylic acids is 1. The van der Waals surface area contributed by atoms with Crippen LogP contribution in [0.15, 0.2) is 16.7 Å². The maximum atomic E-state index is 12.3. The van der Waals surface area contributed by atoms with Gasteiger partial charge in [-0.1, -0.05) is 6.92 Å². The largest absolute Gasteiger partial charge is 0.385 e. The zero-order valence-corrected chi connectivity index (χ0v) is 13.8. The molecule has 1 aromatic rings. The van der Waals surface area contributed by atoms with E-state index in [-0.39, 0.29) is 11.9 Å². The van der Waals surface area contributed by atoms with Crippen LogP contribution in [0.3, 0.4) is 0 Å². The van der Waals surface area contributed by atoms with Crippen LogP contribution in [0.25, 0.3) is 0 Å². The number of hydrogen-bond donors (Lipinski definition) is 2. The molecule has 0 radical (unpaired) electrons. The summed E-state index contributed by atoms with van der Waals surface area (Å²) in [7, 11) is 1.65. The molecular weight excluding hydrogens is 322 g/mol. The van der Waals surface area contributed by atoms with Crippen LogP contribution in [0, 0.1) is 0 Å². The molecule has 5 nitrogen and oxygen atoms in total. The van der Waals surface area contributed by atoms with Crippen LogP contribution in [0.1, 0.15) is 37.0 Å². The van der Waals surface area contributed by atoms with E-state index >= 15 is 0 Å². The standard InChI is InChI=1S/C14H22BrN3O2/c1-4-6-16-13-12(8-11(15)9-17-13)14(19)18-10(2)5-7-20-3/h8-10H,4-7H2,1-3H3,(H,16,17)(H,18,19). The van der Waals surface area contributed by atoms with Gasteiger partial charge in [0.2, 0.25) is 0 Å². The molecule has 1 amide bonds. The first-order chi connectivity index (χ1) is 9.58. The number of carbonyl (C=O) groups is 1. The lowest BCUT2D eigenvalue weighted by Gasteiger charge is -2.15. The Kier molecular flexibility index (Phi) is 7.54. The van der Waals surface area contributed by atoms with E-state index in [9.17, 15) is 4.79 Å². The summed E-state index contributed by atoms with van der Waals surface area (Å²) in [6, 6.07) is 1.84. The number of halogens is 1. The molecule has 1 heterocycles. The van der Waals surface area contributed by atoms with Crippen molar-refractivity contribution in [3.8, 4) is 0 Å². The minimum absolute atomic E-state index is 0.0560. The summed E-state index contributed by atoms with van der Waals surface area (Å²) in [5.41, 5.74) is 0.553. The van der Waals surface area contributed by atoms with Crippen LogP contribution < -0.4 is 10.6 Å². The fraction of sp³-hybridized carbons (Fsp3) is 0.571. The van der Waals surface area contributed by atoms with Crippen LogP contribution in [0.2, 0.25) is 0 Å². The predicted molar refractivity (Wildman–Crippen MR) is 84.1 cm³/mol. The van der Waals surface area contributed by atoms with Gasteiger partial charge in [0, 0.05) is 37.0 Å². The summed E-state index contributed by atoms with van der Waals surface area (Å²) in [5, 5.41) is 6.13. The van der Waals surface area contributed by atoms with Crippen LogP contribution >= 0.6 is 15.9 Å². The first kappa shape index (κ1) is 16.9. The summed E-state index contributed by atoms with van der Waals surface area (Å²) in [6.07, 6.45) is 3.44. The Morgan fingerprint density at radius 1 is 1.55 bits per heavy atom. The Balaban J connectivity index is 2.76. The lowest BCUT2D eigenvalue weighted by molar-refractivity contribution is 0.0930. The van der Waals surface area contributed by atoms with Crippen LogP contribution in [-0.4, -0.2) is 37.2 Å². The lowest BCUT2D eigenvalue weighted by atomic mass is 10.2. The molecule has 1 aromatic heterocycles. The zero-order chi connectivity index (χ0) is 15.0. The van der Waals surface area contributed by atoms with Gasteiger partial charge in [-0.25, -0.2) is 4.98 Å². The third-order valence-corrected chi connectivity index (χ3v) is 3.21. The van der Waals surface area contributed by atoms with E-state index in [1.54, 1.807) is 19.4 Å². The third kappa shape index (κ3) is 5.46. The van der Waals surface area contributed by atoms with E-state index in [1.807, 2.05) is 6.92 Å². The van der Waals surface area contributed by atoms with Crippen molar-refractivity contribution in [1.82, 2.24) is 10.3 Å². The van der Waals surface area contributed by atoms with Crippen LogP contribution in [0.4, 0.5) is 5.82 Å². The van der Waals surface area contributed by atoms with Crippen molar-refractivity contribution in [2.75, 3.05) is 25.6 Å². The molecule has 1 atom stereocenters. The molecule has 20 heavy (non-hydrogen) atoms. The molecule has 6 heteroatoms. The Bertz CT molecular complexity index is 440. The number of pyridine rings is 1. The highest BCUT2D eigenvalue weighted by molar-refractivity contribution is 9.10. The molecule has 2 N–H and O–H groups in total. The molecule has 0 saturated heterocycles. The number of nitrogens with zero attached hydrogens (tertiary/aromatic N) is 1. The van der Waals surface area contributed by atoms with E-state index in [0.717, 1.165) is 23.9 Å². The van der Waals surface area contributed by atoms with E-state index < -0.39 is 0 Å². The molecule has 0 saturated carbocycles. The Labute approximate surface area is 128 Å². The molecule has 0 aromatic carbocycles. The lowest BCUT2D eigenvalue weighted by Crippen LogP contribution is -2.34. The molecular formula is C14H22BrN3O2. The fourth-order valence-electron chi connectivity index (χ4n) is 1.66. The van der Waals surface area contributed by atoms with Crippen LogP contribution in [-0.2, 0) is 4.74 Å². The van der Waals surface area contributed by atoms with E-state index in [2.05, 4.69) is 38.5 Å². The molecule has 0 aliphatic rings. The first-order valence-corrected chi connectivity index (χ1v) is 7.57. The zero-order valence-electron chi connectivity index (χ0n) is 12.2. The number of nitrogens with one attached hydrogen (secondary N) is 2. The first-order valence-electron chi connectivity index (χ1n) is 6.77. The van der Waals surface area contributed by atoms with Gasteiger partial charge in [0.1, 0.15) is 5.82 Å². The van der Waals surface area contributed by atoms with E-state index in [0.29, 0.717) is 18.0 Å². The average molecular weight is 344 g/mol. The van der Waals surface area contributed by atoms with E-state index in [1.165, 1.54) is 0 Å². The normalized spacial score (nSPS) is 12.0. The van der Waals surface area contributed by atoms with Gasteiger partial charge in [0.15, 0.2) is 0 Å². The summed E-state index contributed by atoms with van der Waals surface area (Å²) in [5.74, 6) is 0.493. The second-order valence-electron chi connectivity index (χ2n) is 4.63. The number of hydrogen-bond acceptors (Lipinski definition) is 4. The number of aromatic nitrogens is 1. The average Bonchev–Trinajstić information content (AvgIpc) is 2.43. The number of ether oxygens (including phenoxy) is 1. The summed E-state index contributed by atoms with van der Waals surface area (Å²) >= 11 is 3.35. The molecule has 0 bridgehead atoms. The van der Waals surface area contributed by atoms with Gasteiger partial charge >= 0.3 is 0 Å². The van der Waals surface area contributed by atoms with Crippen molar-refractivity contribution in [3.63, 3.8) is 0 Å². The van der Waals surface area contributed by atoms with E-state index in [4.69, 9.17) is 4.74 Å². The van der Waals surface area contributed by atoms with Gasteiger partial charge in [-0.15, -0.1) is 0 Å². The highest BCUT2D eigenvalue weighted by Crippen LogP contribution is 2.18. The fourth-order valence-corrected chi connectivity index (χ4v) is 2.00. The smallest absolute Gasteiger partial charge is 0.255 e. The maximum absolute atomic E-state index is 12.3. The van der Waals surface area contributed by atoms with Crippen LogP contribution in [0.5, 0.6) is 0 Å². The molecule has 1 rings (SSSR count). The third-order valence-electron chi connectivity index (χ3n) is 2.77. The quantitative estimate of drug-likeness (QED) is 0.761. The van der Waals surface area contributed by atoms with Crippen molar-refractivity contribution in [1.29, 1.82) is 0 Å². The molecule has 0 aliphatic heterocycles. The molecule has 0 fully saturated rings. The van der Waals surface area contributed by atoms with Gasteiger partial charge in [-0.3, -0.25) is 4.79 Å². The number of amides is 1. The predicted octanol–water partition coefficient (Wildman–Crippen LogP) is 2.82. The Hall–Kier alpha value is -1.14. The minimum atomic E-state index is -0.124. The van der Waals surface area contributed by atoms with Gasteiger partial charge in [0.05, 0.1) is 5.56 Å². The minimum Gasteiger partial charge on any atom is -0.385 e. The topological polar surface area (TPSA) is 63.2 Å². The van der Waals surface area contributed by atoms with Gasteiger partial charge in [0.25, 0.3) is 5.91 Å². The SMILES string of the molecule is CCCNc1ncc(Br)cc1C(=O)NC(C)CCOC. The molecule has 0 aliphatic carbocycles. The van der Waals surface area contributed by atoms with Crippen molar-refractivity contribution >= 4 is 27.7 Å². The van der Waals surface area contributed by atoms with Crippen molar-refractivity contribution < 1.29 is 9.53 Å².